The second-order valence-corrected chi connectivity index (χ2v) is 9.71. The molecule has 31 heavy (non-hydrogen) atoms. The van der Waals surface area contributed by atoms with Gasteiger partial charge in [-0.25, -0.2) is 9.98 Å². The molecule has 2 saturated heterocycles. The van der Waals surface area contributed by atoms with Crippen molar-refractivity contribution >= 4 is 47.2 Å². The number of carbonyl (C=O) groups is 1. The van der Waals surface area contributed by atoms with Gasteiger partial charge in [0.1, 0.15) is 0 Å². The molecule has 2 fully saturated rings. The first kappa shape index (κ1) is 26.3. The number of hydrogen-bond acceptors (Lipinski definition) is 5. The average molecular weight is 563 g/mol. The van der Waals surface area contributed by atoms with Crippen molar-refractivity contribution in [1.29, 1.82) is 0 Å². The molecule has 1 aromatic rings. The molecule has 3 rings (SSSR count). The number of hydrogen-bond donors (Lipinski definition) is 1. The fraction of sp³-hybridized carbons (Fsp3) is 0.773. The van der Waals surface area contributed by atoms with Crippen LogP contribution in [0.15, 0.2) is 10.4 Å². The van der Waals surface area contributed by atoms with Crippen LogP contribution in [0.2, 0.25) is 0 Å². The van der Waals surface area contributed by atoms with E-state index in [9.17, 15) is 4.79 Å². The Bertz CT molecular complexity index is 709. The first-order chi connectivity index (χ1) is 14.5. The minimum absolute atomic E-state index is 0. The van der Waals surface area contributed by atoms with Gasteiger partial charge in [-0.2, -0.15) is 0 Å². The van der Waals surface area contributed by atoms with Crippen molar-refractivity contribution in [3.05, 3.63) is 16.1 Å². The maximum Gasteiger partial charge on any atom is 0.236 e. The molecule has 176 valence electrons. The largest absolute Gasteiger partial charge is 0.357 e. The maximum atomic E-state index is 12.8. The predicted molar refractivity (Wildman–Crippen MR) is 139 cm³/mol. The lowest BCUT2D eigenvalue weighted by molar-refractivity contribution is -0.135. The standard InChI is InChI=1S/C22H38N6OS.HI/c1-5-20-25-19(16-30-20)12-24-22(23-6-2)27-9-7-26(8-10-27)15-21(29)28-13-17(3)11-18(4)14-28;/h16-18H,5-15H2,1-4H3,(H,23,24);1H. The number of carbonyl (C=O) groups excluding carboxylic acids is 1. The quantitative estimate of drug-likeness (QED) is 0.328. The topological polar surface area (TPSA) is 64.1 Å². The average Bonchev–Trinajstić information content (AvgIpc) is 3.19. The summed E-state index contributed by atoms with van der Waals surface area (Å²) < 4.78 is 0. The molecule has 2 unspecified atom stereocenters. The Kier molecular flexibility index (Phi) is 11.0. The Labute approximate surface area is 208 Å². The van der Waals surface area contributed by atoms with Crippen molar-refractivity contribution in [2.75, 3.05) is 52.4 Å². The number of piperazine rings is 1. The van der Waals surface area contributed by atoms with Gasteiger partial charge in [0.05, 0.1) is 23.8 Å². The number of nitrogens with zero attached hydrogens (tertiary/aromatic N) is 5. The molecule has 9 heteroatoms. The van der Waals surface area contributed by atoms with E-state index in [1.807, 2.05) is 0 Å². The van der Waals surface area contributed by atoms with E-state index < -0.39 is 0 Å². The summed E-state index contributed by atoms with van der Waals surface area (Å²) in [6.45, 7) is 16.1. The molecule has 0 aliphatic carbocycles. The molecule has 0 spiro atoms. The second-order valence-electron chi connectivity index (χ2n) is 8.76. The van der Waals surface area contributed by atoms with E-state index in [1.54, 1.807) is 11.3 Å². The number of likely N-dealkylation sites (tertiary alicyclic amines) is 1. The van der Waals surface area contributed by atoms with E-state index in [2.05, 4.69) is 58.1 Å². The van der Waals surface area contributed by atoms with Crippen LogP contribution in [-0.2, 0) is 17.8 Å². The third kappa shape index (κ3) is 7.85. The van der Waals surface area contributed by atoms with Crippen LogP contribution < -0.4 is 5.32 Å². The van der Waals surface area contributed by atoms with Gasteiger partial charge in [-0.3, -0.25) is 9.69 Å². The number of aromatic nitrogens is 1. The minimum atomic E-state index is 0. The molecule has 1 N–H and O–H groups in total. The second kappa shape index (κ2) is 12.9. The molecule has 1 amide bonds. The van der Waals surface area contributed by atoms with Crippen molar-refractivity contribution in [2.24, 2.45) is 16.8 Å². The Balaban J connectivity index is 0.00000341. The van der Waals surface area contributed by atoms with Crippen LogP contribution in [0.25, 0.3) is 0 Å². The first-order valence-electron chi connectivity index (χ1n) is 11.4. The molecule has 2 aliphatic rings. The van der Waals surface area contributed by atoms with Crippen molar-refractivity contribution in [3.8, 4) is 0 Å². The lowest BCUT2D eigenvalue weighted by atomic mass is 9.92. The number of aliphatic imine (C=N–C) groups is 1. The van der Waals surface area contributed by atoms with Gasteiger partial charge in [-0.15, -0.1) is 35.3 Å². The van der Waals surface area contributed by atoms with Gasteiger partial charge < -0.3 is 15.1 Å². The minimum Gasteiger partial charge on any atom is -0.357 e. The van der Waals surface area contributed by atoms with E-state index in [0.717, 1.165) is 63.9 Å². The third-order valence-electron chi connectivity index (χ3n) is 5.88. The lowest BCUT2D eigenvalue weighted by Gasteiger charge is -2.39. The highest BCUT2D eigenvalue weighted by molar-refractivity contribution is 14.0. The molecule has 7 nitrogen and oxygen atoms in total. The van der Waals surface area contributed by atoms with Crippen LogP contribution in [0.5, 0.6) is 0 Å². The summed E-state index contributed by atoms with van der Waals surface area (Å²) in [5.74, 6) is 2.46. The summed E-state index contributed by atoms with van der Waals surface area (Å²) >= 11 is 1.71. The smallest absolute Gasteiger partial charge is 0.236 e. The Hall–Kier alpha value is -0.940. The highest BCUT2D eigenvalue weighted by atomic mass is 127. The zero-order chi connectivity index (χ0) is 21.5. The molecule has 0 bridgehead atoms. The van der Waals surface area contributed by atoms with Gasteiger partial charge in [-0.1, -0.05) is 20.8 Å². The molecule has 3 heterocycles. The highest BCUT2D eigenvalue weighted by Crippen LogP contribution is 2.21. The monoisotopic (exact) mass is 562 g/mol. The van der Waals surface area contributed by atoms with Crippen LogP contribution in [-0.4, -0.2) is 83.9 Å². The summed E-state index contributed by atoms with van der Waals surface area (Å²) in [6, 6.07) is 0. The Morgan fingerprint density at radius 3 is 2.42 bits per heavy atom. The van der Waals surface area contributed by atoms with Gasteiger partial charge in [-0.05, 0) is 31.6 Å². The van der Waals surface area contributed by atoms with Gasteiger partial charge in [0, 0.05) is 51.2 Å². The van der Waals surface area contributed by atoms with E-state index in [-0.39, 0.29) is 29.9 Å². The molecule has 0 radical (unpaired) electrons. The third-order valence-corrected chi connectivity index (χ3v) is 6.92. The van der Waals surface area contributed by atoms with Crippen LogP contribution in [0.3, 0.4) is 0 Å². The van der Waals surface area contributed by atoms with E-state index in [1.165, 1.54) is 11.4 Å². The number of aryl methyl sites for hydroxylation is 1. The van der Waals surface area contributed by atoms with Crippen LogP contribution in [0, 0.1) is 11.8 Å². The number of piperidine rings is 1. The fourth-order valence-corrected chi connectivity index (χ4v) is 5.18. The first-order valence-corrected chi connectivity index (χ1v) is 12.3. The Morgan fingerprint density at radius 2 is 1.84 bits per heavy atom. The summed E-state index contributed by atoms with van der Waals surface area (Å²) in [5.41, 5.74) is 1.04. The van der Waals surface area contributed by atoms with Crippen molar-refractivity contribution in [2.45, 2.75) is 47.1 Å². The molecular formula is C22H39IN6OS. The van der Waals surface area contributed by atoms with Gasteiger partial charge >= 0.3 is 0 Å². The lowest BCUT2D eigenvalue weighted by Crippen LogP contribution is -2.55. The number of guanidine groups is 1. The van der Waals surface area contributed by atoms with E-state index in [0.29, 0.717) is 24.9 Å². The SMILES string of the molecule is CCNC(=NCc1csc(CC)n1)N1CCN(CC(=O)N2CC(C)CC(C)C2)CC1.I. The highest BCUT2D eigenvalue weighted by Gasteiger charge is 2.28. The number of nitrogens with one attached hydrogen (secondary N) is 1. The number of thiazole rings is 1. The van der Waals surface area contributed by atoms with Crippen LogP contribution in [0.1, 0.15) is 44.8 Å². The van der Waals surface area contributed by atoms with Crippen molar-refractivity contribution < 1.29 is 4.79 Å². The summed E-state index contributed by atoms with van der Waals surface area (Å²) in [6.07, 6.45) is 2.21. The summed E-state index contributed by atoms with van der Waals surface area (Å²) in [5, 5.41) is 6.69. The van der Waals surface area contributed by atoms with Crippen molar-refractivity contribution in [1.82, 2.24) is 25.0 Å². The molecular weight excluding hydrogens is 523 g/mol. The summed E-state index contributed by atoms with van der Waals surface area (Å²) in [4.78, 5) is 28.9. The number of rotatable bonds is 6. The van der Waals surface area contributed by atoms with Gasteiger partial charge in [0.25, 0.3) is 0 Å². The Morgan fingerprint density at radius 1 is 1.16 bits per heavy atom. The molecule has 2 atom stereocenters. The normalized spacial score (nSPS) is 22.9. The fourth-order valence-electron chi connectivity index (χ4n) is 4.44. The molecule has 2 aliphatic heterocycles. The molecule has 0 aromatic carbocycles. The zero-order valence-electron chi connectivity index (χ0n) is 19.5. The van der Waals surface area contributed by atoms with E-state index >= 15 is 0 Å². The predicted octanol–water partition coefficient (Wildman–Crippen LogP) is 2.91. The van der Waals surface area contributed by atoms with Crippen LogP contribution in [0.4, 0.5) is 0 Å². The molecule has 1 aromatic heterocycles. The maximum absolute atomic E-state index is 12.8. The van der Waals surface area contributed by atoms with Crippen LogP contribution >= 0.6 is 35.3 Å². The van der Waals surface area contributed by atoms with E-state index in [4.69, 9.17) is 4.99 Å². The number of amides is 1. The summed E-state index contributed by atoms with van der Waals surface area (Å²) in [7, 11) is 0. The zero-order valence-corrected chi connectivity index (χ0v) is 22.6. The van der Waals surface area contributed by atoms with Crippen molar-refractivity contribution in [3.63, 3.8) is 0 Å². The van der Waals surface area contributed by atoms with Gasteiger partial charge in [0.2, 0.25) is 5.91 Å². The molecule has 0 saturated carbocycles. The van der Waals surface area contributed by atoms with Gasteiger partial charge in [0.15, 0.2) is 5.96 Å². The number of halogens is 1.